The number of nitrogens with one attached hydrogen (secondary N) is 1. The minimum Gasteiger partial charge on any atom is -0.491 e. The van der Waals surface area contributed by atoms with Crippen LogP contribution < -0.4 is 10.1 Å². The summed E-state index contributed by atoms with van der Waals surface area (Å²) in [6.45, 7) is 7.42. The predicted octanol–water partition coefficient (Wildman–Crippen LogP) is 2.75. The van der Waals surface area contributed by atoms with E-state index in [0.29, 0.717) is 25.6 Å². The van der Waals surface area contributed by atoms with Gasteiger partial charge in [0.1, 0.15) is 12.4 Å². The quantitative estimate of drug-likeness (QED) is 0.877. The fourth-order valence-corrected chi connectivity index (χ4v) is 2.69. The lowest BCUT2D eigenvalue weighted by molar-refractivity contribution is 0.0552. The fraction of sp³-hybridized carbons (Fsp3) is 0.611. The zero-order valence-electron chi connectivity index (χ0n) is 14.4. The van der Waals surface area contributed by atoms with E-state index in [-0.39, 0.29) is 6.03 Å². The third-order valence-corrected chi connectivity index (χ3v) is 4.16. The van der Waals surface area contributed by atoms with Gasteiger partial charge in [0, 0.05) is 20.2 Å². The zero-order valence-corrected chi connectivity index (χ0v) is 14.4. The van der Waals surface area contributed by atoms with Crippen LogP contribution in [-0.4, -0.2) is 50.9 Å². The minimum atomic E-state index is -0.0557. The Labute approximate surface area is 139 Å². The molecule has 23 heavy (non-hydrogen) atoms. The van der Waals surface area contributed by atoms with Gasteiger partial charge in [-0.05, 0) is 44.2 Å². The van der Waals surface area contributed by atoms with E-state index in [4.69, 9.17) is 9.47 Å². The van der Waals surface area contributed by atoms with Gasteiger partial charge < -0.3 is 19.7 Å². The molecule has 5 nitrogen and oxygen atoms in total. The molecule has 0 saturated carbocycles. The van der Waals surface area contributed by atoms with Gasteiger partial charge >= 0.3 is 6.03 Å². The second-order valence-electron chi connectivity index (χ2n) is 6.31. The molecule has 0 aliphatic carbocycles. The van der Waals surface area contributed by atoms with Crippen molar-refractivity contribution in [2.75, 3.05) is 40.0 Å². The van der Waals surface area contributed by atoms with Crippen LogP contribution in [0.25, 0.3) is 0 Å². The molecule has 5 heteroatoms. The molecule has 1 aliphatic rings. The van der Waals surface area contributed by atoms with Gasteiger partial charge in [0.05, 0.1) is 13.2 Å². The number of hydrogen-bond acceptors (Lipinski definition) is 3. The summed E-state index contributed by atoms with van der Waals surface area (Å²) in [5, 5.41) is 2.97. The topological polar surface area (TPSA) is 50.8 Å². The zero-order chi connectivity index (χ0) is 16.7. The number of nitrogens with zero attached hydrogens (tertiary/aromatic N) is 1. The number of likely N-dealkylation sites (N-methyl/N-ethyl adjacent to an activating group) is 1. The molecule has 1 aromatic rings. The first kappa shape index (κ1) is 17.6. The highest BCUT2D eigenvalue weighted by Crippen LogP contribution is 2.18. The first-order chi connectivity index (χ1) is 11.1. The summed E-state index contributed by atoms with van der Waals surface area (Å²) in [6, 6.07) is 6.05. The molecule has 0 spiro atoms. The molecule has 1 aromatic carbocycles. The molecule has 2 rings (SSSR count). The Balaban J connectivity index is 1.67. The maximum Gasteiger partial charge on any atom is 0.317 e. The van der Waals surface area contributed by atoms with Gasteiger partial charge in [-0.2, -0.15) is 0 Å². The van der Waals surface area contributed by atoms with Crippen LogP contribution in [0.5, 0.6) is 5.75 Å². The third-order valence-electron chi connectivity index (χ3n) is 4.16. The van der Waals surface area contributed by atoms with E-state index < -0.39 is 0 Å². The lowest BCUT2D eigenvalue weighted by Gasteiger charge is -2.24. The van der Waals surface area contributed by atoms with Crippen molar-refractivity contribution in [2.24, 2.45) is 5.92 Å². The number of amides is 2. The summed E-state index contributed by atoms with van der Waals surface area (Å²) >= 11 is 0. The second kappa shape index (κ2) is 8.77. The van der Waals surface area contributed by atoms with Crippen molar-refractivity contribution in [1.82, 2.24) is 10.2 Å². The molecule has 1 atom stereocenters. The first-order valence-corrected chi connectivity index (χ1v) is 8.33. The largest absolute Gasteiger partial charge is 0.491 e. The highest BCUT2D eigenvalue weighted by Gasteiger charge is 2.16. The van der Waals surface area contributed by atoms with Gasteiger partial charge in [-0.15, -0.1) is 0 Å². The van der Waals surface area contributed by atoms with E-state index in [1.165, 1.54) is 5.56 Å². The molecule has 0 bridgehead atoms. The van der Waals surface area contributed by atoms with Crippen molar-refractivity contribution >= 4 is 6.03 Å². The smallest absolute Gasteiger partial charge is 0.317 e. The number of hydrogen-bond donors (Lipinski definition) is 1. The van der Waals surface area contributed by atoms with Crippen molar-refractivity contribution in [3.8, 4) is 5.75 Å². The molecule has 1 saturated heterocycles. The summed E-state index contributed by atoms with van der Waals surface area (Å²) in [7, 11) is 1.79. The maximum atomic E-state index is 12.1. The van der Waals surface area contributed by atoms with E-state index in [1.54, 1.807) is 11.9 Å². The van der Waals surface area contributed by atoms with Gasteiger partial charge in [-0.3, -0.25) is 0 Å². The Hall–Kier alpha value is -1.75. The van der Waals surface area contributed by atoms with Crippen LogP contribution in [0, 0.1) is 19.8 Å². The van der Waals surface area contributed by atoms with E-state index in [9.17, 15) is 4.79 Å². The third kappa shape index (κ3) is 5.75. The monoisotopic (exact) mass is 320 g/mol. The Morgan fingerprint density at radius 1 is 1.43 bits per heavy atom. The number of aryl methyl sites for hydroxylation is 2. The average Bonchev–Trinajstić information content (AvgIpc) is 2.55. The van der Waals surface area contributed by atoms with Gasteiger partial charge in [0.25, 0.3) is 0 Å². The van der Waals surface area contributed by atoms with Crippen LogP contribution in [0.15, 0.2) is 18.2 Å². The van der Waals surface area contributed by atoms with E-state index in [1.807, 2.05) is 19.1 Å². The molecule has 1 fully saturated rings. The summed E-state index contributed by atoms with van der Waals surface area (Å²) in [6.07, 6.45) is 2.21. The highest BCUT2D eigenvalue weighted by molar-refractivity contribution is 5.73. The number of urea groups is 1. The molecule has 128 valence electrons. The van der Waals surface area contributed by atoms with Crippen LogP contribution in [0.1, 0.15) is 24.0 Å². The van der Waals surface area contributed by atoms with Gasteiger partial charge in [0.2, 0.25) is 0 Å². The van der Waals surface area contributed by atoms with Gasteiger partial charge in [0.15, 0.2) is 0 Å². The number of ether oxygens (including phenoxy) is 2. The highest BCUT2D eigenvalue weighted by atomic mass is 16.5. The SMILES string of the molecule is Cc1ccc(OCCN(C)C(=O)NC[C@@H]2CCCOC2)c(C)c1. The van der Waals surface area contributed by atoms with E-state index >= 15 is 0 Å². The molecule has 1 N–H and O–H groups in total. The molecular weight excluding hydrogens is 292 g/mol. The molecular formula is C18H28N2O3. The van der Waals surface area contributed by atoms with Crippen LogP contribution in [0.3, 0.4) is 0 Å². The Kier molecular flexibility index (Phi) is 6.71. The lowest BCUT2D eigenvalue weighted by Crippen LogP contribution is -2.42. The van der Waals surface area contributed by atoms with Crippen molar-refractivity contribution < 1.29 is 14.3 Å². The number of rotatable bonds is 6. The van der Waals surface area contributed by atoms with Crippen LogP contribution in [0.4, 0.5) is 4.79 Å². The van der Waals surface area contributed by atoms with Crippen molar-refractivity contribution in [3.05, 3.63) is 29.3 Å². The second-order valence-corrected chi connectivity index (χ2v) is 6.31. The summed E-state index contributed by atoms with van der Waals surface area (Å²) in [5.74, 6) is 1.32. The molecule has 0 aromatic heterocycles. The maximum absolute atomic E-state index is 12.1. The van der Waals surface area contributed by atoms with Crippen LogP contribution >= 0.6 is 0 Å². The van der Waals surface area contributed by atoms with Crippen LogP contribution in [-0.2, 0) is 4.74 Å². The lowest BCUT2D eigenvalue weighted by atomic mass is 10.0. The number of carbonyl (C=O) groups is 1. The van der Waals surface area contributed by atoms with E-state index in [0.717, 1.165) is 37.4 Å². The first-order valence-electron chi connectivity index (χ1n) is 8.33. The molecule has 0 radical (unpaired) electrons. The van der Waals surface area contributed by atoms with E-state index in [2.05, 4.69) is 18.3 Å². The van der Waals surface area contributed by atoms with Gasteiger partial charge in [-0.1, -0.05) is 17.7 Å². The summed E-state index contributed by atoms with van der Waals surface area (Å²) in [5.41, 5.74) is 2.34. The average molecular weight is 320 g/mol. The fourth-order valence-electron chi connectivity index (χ4n) is 2.69. The summed E-state index contributed by atoms with van der Waals surface area (Å²) < 4.78 is 11.2. The predicted molar refractivity (Wildman–Crippen MR) is 91.0 cm³/mol. The Bertz CT molecular complexity index is 513. The molecule has 0 unspecified atom stereocenters. The van der Waals surface area contributed by atoms with Crippen molar-refractivity contribution in [3.63, 3.8) is 0 Å². The number of carbonyl (C=O) groups excluding carboxylic acids is 1. The Morgan fingerprint density at radius 3 is 2.96 bits per heavy atom. The van der Waals surface area contributed by atoms with Crippen molar-refractivity contribution in [2.45, 2.75) is 26.7 Å². The summed E-state index contributed by atoms with van der Waals surface area (Å²) in [4.78, 5) is 13.7. The normalized spacial score (nSPS) is 17.6. The standard InChI is InChI=1S/C18H28N2O3/c1-14-6-7-17(15(2)11-14)23-10-8-20(3)18(21)19-12-16-5-4-9-22-13-16/h6-7,11,16H,4-5,8-10,12-13H2,1-3H3,(H,19,21)/t16-/m0/s1. The van der Waals surface area contributed by atoms with Crippen LogP contribution in [0.2, 0.25) is 0 Å². The minimum absolute atomic E-state index is 0.0557. The molecule has 2 amide bonds. The van der Waals surface area contributed by atoms with Gasteiger partial charge in [-0.25, -0.2) is 4.79 Å². The Morgan fingerprint density at radius 2 is 2.26 bits per heavy atom. The molecule has 1 heterocycles. The number of benzene rings is 1. The van der Waals surface area contributed by atoms with Crippen molar-refractivity contribution in [1.29, 1.82) is 0 Å². The molecule has 1 aliphatic heterocycles.